The highest BCUT2D eigenvalue weighted by molar-refractivity contribution is 6.40. The van der Waals surface area contributed by atoms with Gasteiger partial charge in [-0.3, -0.25) is 14.6 Å². The molecule has 9 heteroatoms. The summed E-state index contributed by atoms with van der Waals surface area (Å²) in [7, 11) is 0. The Hall–Kier alpha value is -3.49. The molecule has 2 amide bonds. The summed E-state index contributed by atoms with van der Waals surface area (Å²) in [5, 5.41) is 9.88. The van der Waals surface area contributed by atoms with Crippen LogP contribution in [0.1, 0.15) is 37.6 Å². The minimum absolute atomic E-state index is 0.0718. The van der Waals surface area contributed by atoms with E-state index in [9.17, 15) is 9.59 Å². The Morgan fingerprint density at radius 3 is 2.55 bits per heavy atom. The number of nitrogens with one attached hydrogen (secondary N) is 2. The topological polar surface area (TPSA) is 151 Å². The lowest BCUT2D eigenvalue weighted by molar-refractivity contribution is -0.145. The van der Waals surface area contributed by atoms with Gasteiger partial charge in [-0.15, -0.1) is 0 Å². The fourth-order valence-corrected chi connectivity index (χ4v) is 2.72. The van der Waals surface area contributed by atoms with Crippen molar-refractivity contribution in [2.45, 2.75) is 40.3 Å². The van der Waals surface area contributed by atoms with Crippen LogP contribution >= 0.6 is 0 Å². The molecule has 2 heterocycles. The standard InChI is InChI=1S/C20H27N7O2/c1-11(2)13(4)27(10-16-12(3)6-5-7-24-16)20(29)19(28)26-15-9-25-18(23)14(8-21)17(15)22/h5-9,11,13,21H,10H2,1-4H3,(H,26,28)(H4,22,23,25)/t13-/m0/s1. The lowest BCUT2D eigenvalue weighted by Gasteiger charge is -2.31. The van der Waals surface area contributed by atoms with Crippen molar-refractivity contribution < 1.29 is 9.59 Å². The number of rotatable bonds is 6. The Kier molecular flexibility index (Phi) is 6.87. The number of pyridine rings is 2. The normalized spacial score (nSPS) is 11.8. The van der Waals surface area contributed by atoms with Gasteiger partial charge in [0.05, 0.1) is 35.4 Å². The van der Waals surface area contributed by atoms with Crippen LogP contribution in [-0.4, -0.2) is 38.9 Å². The van der Waals surface area contributed by atoms with Crippen LogP contribution in [0.3, 0.4) is 0 Å². The van der Waals surface area contributed by atoms with Gasteiger partial charge < -0.3 is 27.1 Å². The number of nitrogen functional groups attached to an aromatic ring is 2. The van der Waals surface area contributed by atoms with Crippen molar-refractivity contribution in [3.63, 3.8) is 0 Å². The number of nitrogens with two attached hydrogens (primary N) is 2. The Bertz CT molecular complexity index is 927. The molecular formula is C20H27N7O2. The van der Waals surface area contributed by atoms with E-state index in [-0.39, 0.29) is 41.3 Å². The van der Waals surface area contributed by atoms with Crippen LogP contribution in [0.4, 0.5) is 17.2 Å². The summed E-state index contributed by atoms with van der Waals surface area (Å²) in [4.78, 5) is 35.4. The number of nitrogens with zero attached hydrogens (tertiary/aromatic N) is 3. The Labute approximate surface area is 170 Å². The predicted octanol–water partition coefficient (Wildman–Crippen LogP) is 1.96. The Morgan fingerprint density at radius 1 is 1.28 bits per heavy atom. The molecular weight excluding hydrogens is 370 g/mol. The zero-order chi connectivity index (χ0) is 21.7. The molecule has 0 aliphatic heterocycles. The predicted molar refractivity (Wildman–Crippen MR) is 113 cm³/mol. The molecule has 6 N–H and O–H groups in total. The molecule has 0 aliphatic carbocycles. The van der Waals surface area contributed by atoms with Crippen LogP contribution < -0.4 is 16.8 Å². The van der Waals surface area contributed by atoms with Crippen LogP contribution in [0.25, 0.3) is 0 Å². The number of anilines is 3. The van der Waals surface area contributed by atoms with Crippen molar-refractivity contribution >= 4 is 35.2 Å². The van der Waals surface area contributed by atoms with Gasteiger partial charge >= 0.3 is 11.8 Å². The van der Waals surface area contributed by atoms with E-state index < -0.39 is 11.8 Å². The molecule has 9 nitrogen and oxygen atoms in total. The summed E-state index contributed by atoms with van der Waals surface area (Å²) in [6.07, 6.45) is 3.87. The number of hydrogen-bond donors (Lipinski definition) is 4. The average Bonchev–Trinajstić information content (AvgIpc) is 2.68. The van der Waals surface area contributed by atoms with Crippen molar-refractivity contribution in [3.05, 3.63) is 41.3 Å². The van der Waals surface area contributed by atoms with Gasteiger partial charge in [0.15, 0.2) is 0 Å². The van der Waals surface area contributed by atoms with Crippen LogP contribution in [-0.2, 0) is 16.1 Å². The molecule has 0 aromatic carbocycles. The summed E-state index contributed by atoms with van der Waals surface area (Å²) in [5.74, 6) is -1.35. The first-order valence-electron chi connectivity index (χ1n) is 9.24. The highest BCUT2D eigenvalue weighted by atomic mass is 16.2. The molecule has 154 valence electrons. The first kappa shape index (κ1) is 21.8. The van der Waals surface area contributed by atoms with Crippen molar-refractivity contribution in [2.75, 3.05) is 16.8 Å². The Morgan fingerprint density at radius 2 is 1.97 bits per heavy atom. The maximum absolute atomic E-state index is 13.0. The summed E-state index contributed by atoms with van der Waals surface area (Å²) < 4.78 is 0. The quantitative estimate of drug-likeness (QED) is 0.432. The average molecular weight is 397 g/mol. The van der Waals surface area contributed by atoms with Gasteiger partial charge in [-0.25, -0.2) is 4.98 Å². The lowest BCUT2D eigenvalue weighted by Crippen LogP contribution is -2.46. The summed E-state index contributed by atoms with van der Waals surface area (Å²) >= 11 is 0. The first-order chi connectivity index (χ1) is 13.7. The van der Waals surface area contributed by atoms with E-state index in [4.69, 9.17) is 16.9 Å². The minimum atomic E-state index is -0.847. The van der Waals surface area contributed by atoms with Gasteiger partial charge in [-0.05, 0) is 31.4 Å². The second-order valence-electron chi connectivity index (χ2n) is 7.17. The fourth-order valence-electron chi connectivity index (χ4n) is 2.72. The number of aryl methyl sites for hydroxylation is 1. The largest absolute Gasteiger partial charge is 0.396 e. The van der Waals surface area contributed by atoms with Crippen LogP contribution in [0.5, 0.6) is 0 Å². The maximum atomic E-state index is 13.0. The number of amides is 2. The van der Waals surface area contributed by atoms with Crippen LogP contribution in [0.15, 0.2) is 24.5 Å². The minimum Gasteiger partial charge on any atom is -0.396 e. The highest BCUT2D eigenvalue weighted by Gasteiger charge is 2.29. The van der Waals surface area contributed by atoms with E-state index in [1.165, 1.54) is 11.1 Å². The molecule has 0 unspecified atom stereocenters. The van der Waals surface area contributed by atoms with Gasteiger partial charge in [0.2, 0.25) is 0 Å². The first-order valence-corrected chi connectivity index (χ1v) is 9.24. The van der Waals surface area contributed by atoms with E-state index in [0.29, 0.717) is 0 Å². The second-order valence-corrected chi connectivity index (χ2v) is 7.17. The summed E-state index contributed by atoms with van der Waals surface area (Å²) in [5.41, 5.74) is 13.7. The van der Waals surface area contributed by atoms with Crippen molar-refractivity contribution in [1.82, 2.24) is 14.9 Å². The van der Waals surface area contributed by atoms with E-state index in [1.54, 1.807) is 6.20 Å². The molecule has 2 rings (SSSR count). The van der Waals surface area contributed by atoms with Gasteiger partial charge in [-0.2, -0.15) is 0 Å². The molecule has 0 saturated carbocycles. The zero-order valence-corrected chi connectivity index (χ0v) is 17.1. The highest BCUT2D eigenvalue weighted by Crippen LogP contribution is 2.24. The number of hydrogen-bond acceptors (Lipinski definition) is 7. The van der Waals surface area contributed by atoms with Crippen LogP contribution in [0.2, 0.25) is 0 Å². The van der Waals surface area contributed by atoms with E-state index in [2.05, 4.69) is 15.3 Å². The molecule has 2 aromatic heterocycles. The van der Waals surface area contributed by atoms with Crippen molar-refractivity contribution in [2.24, 2.45) is 5.92 Å². The third-order valence-electron chi connectivity index (χ3n) is 4.93. The lowest BCUT2D eigenvalue weighted by atomic mass is 10.0. The van der Waals surface area contributed by atoms with E-state index in [0.717, 1.165) is 17.5 Å². The zero-order valence-electron chi connectivity index (χ0n) is 17.1. The van der Waals surface area contributed by atoms with E-state index >= 15 is 0 Å². The SMILES string of the molecule is Cc1cccnc1CN(C(=O)C(=O)Nc1cnc(N)c(C=N)c1N)[C@@H](C)C(C)C. The molecule has 0 spiro atoms. The van der Waals surface area contributed by atoms with Gasteiger partial charge in [0.25, 0.3) is 0 Å². The molecule has 29 heavy (non-hydrogen) atoms. The molecule has 2 aromatic rings. The third kappa shape index (κ3) is 4.87. The number of carbonyl (C=O) groups is 2. The van der Waals surface area contributed by atoms with Gasteiger partial charge in [0.1, 0.15) is 5.82 Å². The summed E-state index contributed by atoms with van der Waals surface area (Å²) in [6.45, 7) is 7.96. The molecule has 0 aliphatic rings. The number of carbonyl (C=O) groups excluding carboxylic acids is 2. The summed E-state index contributed by atoms with van der Waals surface area (Å²) in [6, 6.07) is 3.53. The second kappa shape index (κ2) is 9.13. The van der Waals surface area contributed by atoms with Crippen molar-refractivity contribution in [3.8, 4) is 0 Å². The maximum Gasteiger partial charge on any atom is 0.314 e. The molecule has 1 atom stereocenters. The van der Waals surface area contributed by atoms with E-state index in [1.807, 2.05) is 39.8 Å². The van der Waals surface area contributed by atoms with Crippen molar-refractivity contribution in [1.29, 1.82) is 5.41 Å². The molecule has 0 radical (unpaired) electrons. The van der Waals surface area contributed by atoms with Gasteiger partial charge in [0, 0.05) is 18.5 Å². The molecule has 0 fully saturated rings. The number of aromatic nitrogens is 2. The molecule has 0 bridgehead atoms. The molecule has 0 saturated heterocycles. The van der Waals surface area contributed by atoms with Crippen LogP contribution in [0, 0.1) is 18.3 Å². The van der Waals surface area contributed by atoms with Gasteiger partial charge in [-0.1, -0.05) is 19.9 Å². The monoisotopic (exact) mass is 397 g/mol. The fraction of sp³-hybridized carbons (Fsp3) is 0.350. The Balaban J connectivity index is 2.30. The smallest absolute Gasteiger partial charge is 0.314 e. The third-order valence-corrected chi connectivity index (χ3v) is 4.93.